The molecule has 10 nitrogen and oxygen atoms in total. The lowest BCUT2D eigenvalue weighted by Crippen LogP contribution is -2.29. The van der Waals surface area contributed by atoms with Gasteiger partial charge in [-0.3, -0.25) is 18.6 Å². The molecule has 4 N–H and O–H groups in total. The van der Waals surface area contributed by atoms with E-state index in [-0.39, 0.29) is 32.6 Å². The highest BCUT2D eigenvalue weighted by Gasteiger charge is 2.25. The van der Waals surface area contributed by atoms with E-state index in [0.29, 0.717) is 19.3 Å². The average Bonchev–Trinajstić information content (AvgIpc) is 3.23. The van der Waals surface area contributed by atoms with Crippen LogP contribution in [0.15, 0.2) is 72.9 Å². The molecular formula is C49H86NO9P. The topological polar surface area (TPSA) is 155 Å². The summed E-state index contributed by atoms with van der Waals surface area (Å²) in [6, 6.07) is 0. The van der Waals surface area contributed by atoms with E-state index >= 15 is 0 Å². The van der Waals surface area contributed by atoms with Crippen molar-refractivity contribution in [3.63, 3.8) is 0 Å². The van der Waals surface area contributed by atoms with Crippen molar-refractivity contribution in [1.29, 1.82) is 0 Å². The van der Waals surface area contributed by atoms with Crippen LogP contribution in [0.25, 0.3) is 0 Å². The van der Waals surface area contributed by atoms with Crippen LogP contribution in [0.5, 0.6) is 0 Å². The Kier molecular flexibility index (Phi) is 42.5. The van der Waals surface area contributed by atoms with Gasteiger partial charge >= 0.3 is 19.8 Å². The number of rotatable bonds is 43. The second-order valence-corrected chi connectivity index (χ2v) is 16.9. The van der Waals surface area contributed by atoms with Gasteiger partial charge in [0.05, 0.1) is 19.3 Å². The van der Waals surface area contributed by atoms with Crippen molar-refractivity contribution in [2.24, 2.45) is 5.73 Å². The maximum Gasteiger partial charge on any atom is 0.472 e. The lowest BCUT2D eigenvalue weighted by Gasteiger charge is -2.19. The number of phosphoric acid groups is 1. The Morgan fingerprint density at radius 1 is 0.600 bits per heavy atom. The summed E-state index contributed by atoms with van der Waals surface area (Å²) in [5.74, 6) is -1.01. The van der Waals surface area contributed by atoms with Gasteiger partial charge in [-0.2, -0.15) is 0 Å². The van der Waals surface area contributed by atoms with Gasteiger partial charge in [0, 0.05) is 19.4 Å². The third-order valence-corrected chi connectivity index (χ3v) is 10.7. The van der Waals surface area contributed by atoms with Gasteiger partial charge in [-0.1, -0.05) is 202 Å². The van der Waals surface area contributed by atoms with Gasteiger partial charge in [-0.05, 0) is 44.9 Å². The number of hydrogen-bond acceptors (Lipinski definition) is 9. The number of allylic oxidation sites excluding steroid dienone is 10. The summed E-state index contributed by atoms with van der Waals surface area (Å²) in [6.07, 6.45) is 51.1. The minimum absolute atomic E-state index is 0.0225. The largest absolute Gasteiger partial charge is 0.472 e. The van der Waals surface area contributed by atoms with Crippen LogP contribution in [0.3, 0.4) is 0 Å². The Morgan fingerprint density at radius 2 is 1.12 bits per heavy atom. The van der Waals surface area contributed by atoms with Gasteiger partial charge in [0.15, 0.2) is 6.10 Å². The highest BCUT2D eigenvalue weighted by molar-refractivity contribution is 7.47. The molecule has 0 spiro atoms. The fourth-order valence-electron chi connectivity index (χ4n) is 6.22. The molecule has 0 aliphatic heterocycles. The minimum atomic E-state index is -4.43. The highest BCUT2D eigenvalue weighted by Crippen LogP contribution is 2.43. The molecule has 3 atom stereocenters. The van der Waals surface area contributed by atoms with Crippen molar-refractivity contribution >= 4 is 19.8 Å². The number of unbranched alkanes of at least 4 members (excludes halogenated alkanes) is 18. The Balaban J connectivity index is 4.30. The predicted molar refractivity (Wildman–Crippen MR) is 248 cm³/mol. The molecule has 346 valence electrons. The van der Waals surface area contributed by atoms with Crippen LogP contribution in [0.2, 0.25) is 0 Å². The van der Waals surface area contributed by atoms with E-state index in [1.165, 1.54) is 96.3 Å². The van der Waals surface area contributed by atoms with E-state index in [0.717, 1.165) is 44.9 Å². The first kappa shape index (κ1) is 57.4. The zero-order valence-electron chi connectivity index (χ0n) is 37.8. The summed E-state index contributed by atoms with van der Waals surface area (Å²) in [4.78, 5) is 34.9. The molecule has 60 heavy (non-hydrogen) atoms. The molecule has 0 saturated carbocycles. The second-order valence-electron chi connectivity index (χ2n) is 15.5. The normalized spacial score (nSPS) is 14.4. The predicted octanol–water partition coefficient (Wildman–Crippen LogP) is 12.8. The van der Waals surface area contributed by atoms with Crippen LogP contribution in [0, 0.1) is 0 Å². The van der Waals surface area contributed by atoms with Crippen molar-refractivity contribution in [3.8, 4) is 0 Å². The molecule has 0 aliphatic carbocycles. The molecule has 0 heterocycles. The molecule has 2 unspecified atom stereocenters. The van der Waals surface area contributed by atoms with Crippen molar-refractivity contribution in [2.45, 2.75) is 199 Å². The minimum Gasteiger partial charge on any atom is -0.462 e. The Hall–Kier alpha value is -2.59. The van der Waals surface area contributed by atoms with E-state index < -0.39 is 38.6 Å². The van der Waals surface area contributed by atoms with Crippen LogP contribution in [0.4, 0.5) is 0 Å². The van der Waals surface area contributed by atoms with Crippen molar-refractivity contribution in [2.75, 3.05) is 26.4 Å². The molecule has 0 saturated heterocycles. The molecule has 0 fully saturated rings. The first-order chi connectivity index (χ1) is 29.2. The van der Waals surface area contributed by atoms with Gasteiger partial charge in [0.25, 0.3) is 0 Å². The number of phosphoric ester groups is 1. The fraction of sp³-hybridized carbons (Fsp3) is 0.714. The first-order valence-corrected chi connectivity index (χ1v) is 25.0. The maximum atomic E-state index is 12.6. The molecule has 0 amide bonds. The van der Waals surface area contributed by atoms with E-state index in [2.05, 4.69) is 50.3 Å². The summed E-state index contributed by atoms with van der Waals surface area (Å²) in [7, 11) is -4.43. The quantitative estimate of drug-likeness (QED) is 0.0177. The van der Waals surface area contributed by atoms with Crippen LogP contribution in [-0.4, -0.2) is 60.5 Å². The van der Waals surface area contributed by atoms with E-state index in [1.807, 2.05) is 18.2 Å². The summed E-state index contributed by atoms with van der Waals surface area (Å²) >= 11 is 0. The summed E-state index contributed by atoms with van der Waals surface area (Å²) in [5, 5.41) is 10.2. The summed E-state index contributed by atoms with van der Waals surface area (Å²) in [5.41, 5.74) is 5.34. The maximum absolute atomic E-state index is 12.6. The Labute approximate surface area is 365 Å². The molecule has 0 bridgehead atoms. The third kappa shape index (κ3) is 43.5. The molecule has 11 heteroatoms. The Morgan fingerprint density at radius 3 is 1.65 bits per heavy atom. The summed E-state index contributed by atoms with van der Waals surface area (Å²) < 4.78 is 32.7. The third-order valence-electron chi connectivity index (χ3n) is 9.70. The number of aliphatic hydroxyl groups excluding tert-OH is 1. The zero-order valence-corrected chi connectivity index (χ0v) is 38.7. The van der Waals surface area contributed by atoms with Crippen LogP contribution >= 0.6 is 7.82 Å². The monoisotopic (exact) mass is 864 g/mol. The van der Waals surface area contributed by atoms with Crippen LogP contribution in [0.1, 0.15) is 187 Å². The lowest BCUT2D eigenvalue weighted by atomic mass is 10.0. The van der Waals surface area contributed by atoms with Gasteiger partial charge in [0.2, 0.25) is 0 Å². The van der Waals surface area contributed by atoms with Crippen molar-refractivity contribution in [3.05, 3.63) is 72.9 Å². The van der Waals surface area contributed by atoms with Gasteiger partial charge in [-0.15, -0.1) is 0 Å². The van der Waals surface area contributed by atoms with Crippen LogP contribution < -0.4 is 5.73 Å². The van der Waals surface area contributed by atoms with E-state index in [9.17, 15) is 24.2 Å². The number of aliphatic hydroxyl groups is 1. The zero-order chi connectivity index (χ0) is 44.0. The number of esters is 2. The number of carbonyl (C=O) groups excluding carboxylic acids is 2. The molecular weight excluding hydrogens is 778 g/mol. The van der Waals surface area contributed by atoms with Gasteiger partial charge in [0.1, 0.15) is 6.61 Å². The molecule has 0 aromatic rings. The summed E-state index contributed by atoms with van der Waals surface area (Å²) in [6.45, 7) is 3.42. The molecule has 0 aromatic heterocycles. The Bertz CT molecular complexity index is 1230. The van der Waals surface area contributed by atoms with Crippen LogP contribution in [-0.2, 0) is 32.7 Å². The number of nitrogens with two attached hydrogens (primary N) is 1. The number of ether oxygens (including phenoxy) is 2. The molecule has 0 aliphatic rings. The average molecular weight is 864 g/mol. The lowest BCUT2D eigenvalue weighted by molar-refractivity contribution is -0.161. The van der Waals surface area contributed by atoms with Gasteiger partial charge < -0.3 is 25.2 Å². The van der Waals surface area contributed by atoms with E-state index in [4.69, 9.17) is 24.3 Å². The molecule has 0 rings (SSSR count). The SMILES string of the molecule is CC/C=C\C/C=C\C/C=C\C/C=C\C=C/C(O)C/C=C\CCC(=O)O[C@H](COC(=O)CCCCCCCCCCCCCCCCCCCCC)COP(=O)(O)OCCN. The first-order valence-electron chi connectivity index (χ1n) is 23.5. The van der Waals surface area contributed by atoms with Gasteiger partial charge in [-0.25, -0.2) is 4.57 Å². The molecule has 0 aromatic carbocycles. The smallest absolute Gasteiger partial charge is 0.462 e. The van der Waals surface area contributed by atoms with Crippen molar-refractivity contribution < 1.29 is 42.7 Å². The van der Waals surface area contributed by atoms with Crippen molar-refractivity contribution in [1.82, 2.24) is 0 Å². The number of carbonyl (C=O) groups is 2. The second kappa shape index (κ2) is 44.5. The number of hydrogen-bond donors (Lipinski definition) is 3. The fourth-order valence-corrected chi connectivity index (χ4v) is 6.98. The standard InChI is InChI=1S/C49H86NO9P/c1-3-5-7-9-11-13-15-17-18-19-20-21-22-24-26-28-30-32-36-40-48(52)56-44-47(45-58-60(54,55)57-43-42-50)59-49(53)41-37-33-35-39-46(51)38-34-31-29-27-25-23-16-14-12-10-8-6-4-2/h6,8,12,14,23,25,29,31,33-35,38,46-47,51H,3-5,7,9-11,13,15-22,24,26-28,30,32,36-37,39-45,50H2,1-2H3,(H,54,55)/b8-6-,14-12-,25-23-,31-29-,35-33-,38-34-/t46?,47-/m1/s1. The van der Waals surface area contributed by atoms with E-state index in [1.54, 1.807) is 18.2 Å². The highest BCUT2D eigenvalue weighted by atomic mass is 31.2. The molecule has 0 radical (unpaired) electrons.